The quantitative estimate of drug-likeness (QED) is 0.481. The van der Waals surface area contributed by atoms with Crippen LogP contribution < -0.4 is 10.6 Å². The molecule has 1 aromatic carbocycles. The van der Waals surface area contributed by atoms with Crippen LogP contribution in [0.15, 0.2) is 35.5 Å². The van der Waals surface area contributed by atoms with Crippen molar-refractivity contribution >= 4 is 23.6 Å². The Bertz CT molecular complexity index is 771. The van der Waals surface area contributed by atoms with Crippen LogP contribution in [0.4, 0.5) is 10.5 Å². The molecule has 0 spiro atoms. The Hall–Kier alpha value is -2.83. The van der Waals surface area contributed by atoms with E-state index in [1.165, 1.54) is 7.11 Å². The minimum atomic E-state index is -0.600. The first-order valence-corrected chi connectivity index (χ1v) is 10.2. The predicted molar refractivity (Wildman–Crippen MR) is 112 cm³/mol. The molecule has 2 N–H and O–H groups in total. The summed E-state index contributed by atoms with van der Waals surface area (Å²) in [7, 11) is 1.33. The molecule has 29 heavy (non-hydrogen) atoms. The van der Waals surface area contributed by atoms with Gasteiger partial charge in [0, 0.05) is 24.4 Å². The van der Waals surface area contributed by atoms with E-state index in [9.17, 15) is 14.4 Å². The Morgan fingerprint density at radius 2 is 1.83 bits per heavy atom. The highest BCUT2D eigenvalue weighted by Crippen LogP contribution is 2.31. The van der Waals surface area contributed by atoms with E-state index in [2.05, 4.69) is 17.6 Å². The van der Waals surface area contributed by atoms with E-state index in [0.717, 1.165) is 31.2 Å². The van der Waals surface area contributed by atoms with Gasteiger partial charge in [0.05, 0.1) is 18.7 Å². The summed E-state index contributed by atoms with van der Waals surface area (Å²) in [5.74, 6) is -0.486. The maximum Gasteiger partial charge on any atom is 0.337 e. The van der Waals surface area contributed by atoms with Crippen LogP contribution in [0.5, 0.6) is 0 Å². The molecule has 1 aliphatic heterocycles. The number of hydrogen-bond donors (Lipinski definition) is 2. The lowest BCUT2D eigenvalue weighted by molar-refractivity contribution is -0.136. The van der Waals surface area contributed by atoms with Crippen LogP contribution in [0.25, 0.3) is 0 Å². The predicted octanol–water partition coefficient (Wildman–Crippen LogP) is 4.13. The standard InChI is InChI=1S/C22H31N3O4/c1-5-7-8-9-18(26)23-17-12-10-16(11-13-17)20-19(21(27)29-4)15(3)25(14-6-2)22(28)24-20/h10-13,20H,5-9,14H2,1-4H3,(H,23,26)(H,24,28). The number of anilines is 1. The number of allylic oxidation sites excluding steroid dienone is 1. The third-order valence-electron chi connectivity index (χ3n) is 4.98. The first kappa shape index (κ1) is 22.5. The molecular weight excluding hydrogens is 370 g/mol. The van der Waals surface area contributed by atoms with E-state index in [-0.39, 0.29) is 11.9 Å². The van der Waals surface area contributed by atoms with E-state index in [1.807, 2.05) is 6.92 Å². The number of urea groups is 1. The first-order chi connectivity index (χ1) is 13.9. The molecule has 0 radical (unpaired) electrons. The third-order valence-corrected chi connectivity index (χ3v) is 4.98. The van der Waals surface area contributed by atoms with Crippen LogP contribution in [0.1, 0.15) is 64.5 Å². The zero-order valence-corrected chi connectivity index (χ0v) is 17.7. The Morgan fingerprint density at radius 3 is 2.41 bits per heavy atom. The summed E-state index contributed by atoms with van der Waals surface area (Å²) in [6, 6.07) is 6.33. The van der Waals surface area contributed by atoms with Crippen molar-refractivity contribution in [2.75, 3.05) is 19.0 Å². The Balaban J connectivity index is 2.22. The van der Waals surface area contributed by atoms with Crippen LogP contribution in [0.3, 0.4) is 0 Å². The second kappa shape index (κ2) is 10.6. The van der Waals surface area contributed by atoms with Gasteiger partial charge in [-0.05, 0) is 37.5 Å². The fourth-order valence-corrected chi connectivity index (χ4v) is 3.42. The number of nitrogens with one attached hydrogen (secondary N) is 2. The second-order valence-electron chi connectivity index (χ2n) is 7.15. The second-order valence-corrected chi connectivity index (χ2v) is 7.15. The molecule has 7 heteroatoms. The van der Waals surface area contributed by atoms with Crippen molar-refractivity contribution in [3.8, 4) is 0 Å². The maximum absolute atomic E-state index is 12.5. The van der Waals surface area contributed by atoms with Gasteiger partial charge in [0.15, 0.2) is 0 Å². The van der Waals surface area contributed by atoms with Crippen LogP contribution in [0, 0.1) is 0 Å². The number of carbonyl (C=O) groups is 3. The molecule has 0 bridgehead atoms. The summed E-state index contributed by atoms with van der Waals surface area (Å²) >= 11 is 0. The largest absolute Gasteiger partial charge is 0.466 e. The summed E-state index contributed by atoms with van der Waals surface area (Å²) in [6.07, 6.45) is 4.24. The minimum absolute atomic E-state index is 0.0154. The smallest absolute Gasteiger partial charge is 0.337 e. The number of benzene rings is 1. The number of methoxy groups -OCH3 is 1. The lowest BCUT2D eigenvalue weighted by Gasteiger charge is -2.35. The number of nitrogens with zero attached hydrogens (tertiary/aromatic N) is 1. The van der Waals surface area contributed by atoms with Crippen molar-refractivity contribution in [1.29, 1.82) is 0 Å². The fraction of sp³-hybridized carbons (Fsp3) is 0.500. The molecule has 1 aromatic rings. The molecule has 7 nitrogen and oxygen atoms in total. The molecule has 1 atom stereocenters. The molecule has 158 valence electrons. The summed E-state index contributed by atoms with van der Waals surface area (Å²) in [5, 5.41) is 5.78. The molecule has 3 amide bonds. The monoisotopic (exact) mass is 401 g/mol. The summed E-state index contributed by atoms with van der Waals surface area (Å²) in [5.41, 5.74) is 2.45. The number of unbranched alkanes of at least 4 members (excludes halogenated alkanes) is 2. The molecular formula is C22H31N3O4. The lowest BCUT2D eigenvalue weighted by Crippen LogP contribution is -2.48. The van der Waals surface area contributed by atoms with E-state index in [0.29, 0.717) is 29.9 Å². The molecule has 1 unspecified atom stereocenters. The van der Waals surface area contributed by atoms with E-state index in [1.54, 1.807) is 36.1 Å². The number of hydrogen-bond acceptors (Lipinski definition) is 4. The van der Waals surface area contributed by atoms with Gasteiger partial charge >= 0.3 is 12.0 Å². The highest BCUT2D eigenvalue weighted by Gasteiger charge is 2.35. The van der Waals surface area contributed by atoms with Crippen molar-refractivity contribution in [1.82, 2.24) is 10.2 Å². The Kier molecular flexibility index (Phi) is 8.24. The average Bonchev–Trinajstić information content (AvgIpc) is 2.71. The van der Waals surface area contributed by atoms with E-state index in [4.69, 9.17) is 4.74 Å². The van der Waals surface area contributed by atoms with Crippen LogP contribution in [0.2, 0.25) is 0 Å². The zero-order valence-electron chi connectivity index (χ0n) is 17.7. The van der Waals surface area contributed by atoms with E-state index < -0.39 is 12.0 Å². The molecule has 1 aliphatic rings. The summed E-state index contributed by atoms with van der Waals surface area (Å²) < 4.78 is 4.96. The number of rotatable bonds is 9. The topological polar surface area (TPSA) is 87.7 Å². The van der Waals surface area contributed by atoms with Crippen LogP contribution in [-0.4, -0.2) is 36.5 Å². The van der Waals surface area contributed by atoms with Crippen molar-refractivity contribution in [2.45, 2.75) is 58.9 Å². The summed E-state index contributed by atoms with van der Waals surface area (Å²) in [6.45, 7) is 6.35. The first-order valence-electron chi connectivity index (χ1n) is 10.2. The molecule has 0 saturated heterocycles. The number of carbonyl (C=O) groups excluding carboxylic acids is 3. The van der Waals surface area contributed by atoms with Gasteiger partial charge < -0.3 is 15.4 Å². The van der Waals surface area contributed by atoms with Gasteiger partial charge in [-0.3, -0.25) is 9.69 Å². The van der Waals surface area contributed by atoms with Gasteiger partial charge in [-0.15, -0.1) is 0 Å². The minimum Gasteiger partial charge on any atom is -0.466 e. The average molecular weight is 402 g/mol. The van der Waals surface area contributed by atoms with Gasteiger partial charge in [0.25, 0.3) is 0 Å². The van der Waals surface area contributed by atoms with Gasteiger partial charge in [-0.25, -0.2) is 9.59 Å². The zero-order chi connectivity index (χ0) is 21.4. The van der Waals surface area contributed by atoms with Crippen LogP contribution in [-0.2, 0) is 14.3 Å². The number of ether oxygens (including phenoxy) is 1. The van der Waals surface area contributed by atoms with Crippen molar-refractivity contribution in [3.63, 3.8) is 0 Å². The molecule has 1 heterocycles. The SMILES string of the molecule is CCCCCC(=O)Nc1ccc(C2NC(=O)N(CCC)C(C)=C2C(=O)OC)cc1. The van der Waals surface area contributed by atoms with E-state index >= 15 is 0 Å². The number of esters is 1. The van der Waals surface area contributed by atoms with Crippen molar-refractivity contribution in [2.24, 2.45) is 0 Å². The van der Waals surface area contributed by atoms with Crippen molar-refractivity contribution < 1.29 is 19.1 Å². The Morgan fingerprint density at radius 1 is 1.14 bits per heavy atom. The number of amides is 3. The molecule has 0 aliphatic carbocycles. The van der Waals surface area contributed by atoms with Gasteiger partial charge in [0.2, 0.25) is 5.91 Å². The van der Waals surface area contributed by atoms with Gasteiger partial charge in [0.1, 0.15) is 0 Å². The highest BCUT2D eigenvalue weighted by molar-refractivity contribution is 5.95. The lowest BCUT2D eigenvalue weighted by atomic mass is 9.94. The molecule has 2 rings (SSSR count). The van der Waals surface area contributed by atoms with Gasteiger partial charge in [-0.1, -0.05) is 38.8 Å². The molecule has 0 saturated carbocycles. The third kappa shape index (κ3) is 5.59. The van der Waals surface area contributed by atoms with Crippen molar-refractivity contribution in [3.05, 3.63) is 41.1 Å². The van der Waals surface area contributed by atoms with Gasteiger partial charge in [-0.2, -0.15) is 0 Å². The fourth-order valence-electron chi connectivity index (χ4n) is 3.42. The molecule has 0 aromatic heterocycles. The summed E-state index contributed by atoms with van der Waals surface area (Å²) in [4.78, 5) is 38.5. The maximum atomic E-state index is 12.5. The molecule has 0 fully saturated rings. The Labute approximate surface area is 172 Å². The highest BCUT2D eigenvalue weighted by atomic mass is 16.5. The normalized spacial score (nSPS) is 16.5. The van der Waals surface area contributed by atoms with Crippen LogP contribution >= 0.6 is 0 Å².